The molecule has 6 nitrogen and oxygen atoms in total. The minimum Gasteiger partial charge on any atom is -0.394 e. The van der Waals surface area contributed by atoms with Gasteiger partial charge in [0.25, 0.3) is 0 Å². The van der Waals surface area contributed by atoms with Crippen molar-refractivity contribution in [3.8, 4) is 0 Å². The maximum Gasteiger partial charge on any atom is 0.249 e. The van der Waals surface area contributed by atoms with E-state index >= 15 is 0 Å². The van der Waals surface area contributed by atoms with Crippen LogP contribution >= 0.6 is 0 Å². The summed E-state index contributed by atoms with van der Waals surface area (Å²) in [5.74, 6) is -0.594. The van der Waals surface area contributed by atoms with Crippen molar-refractivity contribution in [3.05, 3.63) is 24.3 Å². The molecule has 5 N–H and O–H groups in total. The normalized spacial score (nSPS) is 14.1. The summed E-state index contributed by atoms with van der Waals surface area (Å²) >= 11 is 0. The number of hydrogen-bond acceptors (Lipinski definition) is 5. The standard InChI is InChI=1S/C52H101NO5/c1-3-5-7-9-11-13-15-17-19-20-21-22-23-24-25-26-27-28-29-30-32-33-35-37-39-41-43-45-49(55)51(57)48(47-54)53-52(58)50(56)46-44-42-40-38-36-34-31-18-16-14-12-10-8-6-4-2/h30,32,37,39,48-51,54-57H,3-29,31,33-36,38,40-47H2,1-2H3,(H,53,58)/b32-30+,39-37+. The van der Waals surface area contributed by atoms with Crippen LogP contribution in [0, 0.1) is 0 Å². The fourth-order valence-corrected chi connectivity index (χ4v) is 8.07. The summed E-state index contributed by atoms with van der Waals surface area (Å²) in [6, 6.07) is -1.01. The largest absolute Gasteiger partial charge is 0.394 e. The molecule has 0 rings (SSSR count). The number of rotatable bonds is 47. The first kappa shape index (κ1) is 56.8. The Labute approximate surface area is 361 Å². The zero-order valence-corrected chi connectivity index (χ0v) is 38.8. The Kier molecular flexibility index (Phi) is 45.9. The van der Waals surface area contributed by atoms with Gasteiger partial charge in [0.15, 0.2) is 0 Å². The lowest BCUT2D eigenvalue weighted by Gasteiger charge is -2.27. The Morgan fingerprint density at radius 2 is 0.724 bits per heavy atom. The third kappa shape index (κ3) is 40.2. The molecule has 4 atom stereocenters. The summed E-state index contributed by atoms with van der Waals surface area (Å²) in [4.78, 5) is 12.5. The van der Waals surface area contributed by atoms with Gasteiger partial charge in [-0.05, 0) is 51.4 Å². The van der Waals surface area contributed by atoms with Crippen molar-refractivity contribution in [1.82, 2.24) is 5.32 Å². The number of amides is 1. The molecule has 0 bridgehead atoms. The van der Waals surface area contributed by atoms with Crippen LogP contribution in [0.2, 0.25) is 0 Å². The van der Waals surface area contributed by atoms with Gasteiger partial charge in [0.05, 0.1) is 18.8 Å². The number of aliphatic hydroxyl groups excluding tert-OH is 4. The SMILES string of the molecule is CCCCCCCCCCCCCCCCCCCC/C=C/CC/C=C/CCCC(O)C(O)C(CO)NC(=O)C(O)CCCCCCCCCCCCCCCCC. The highest BCUT2D eigenvalue weighted by atomic mass is 16.3. The molecule has 0 saturated heterocycles. The van der Waals surface area contributed by atoms with E-state index in [1.54, 1.807) is 0 Å². The van der Waals surface area contributed by atoms with Crippen LogP contribution in [0.15, 0.2) is 24.3 Å². The quantitative estimate of drug-likeness (QED) is 0.0310. The summed E-state index contributed by atoms with van der Waals surface area (Å²) < 4.78 is 0. The van der Waals surface area contributed by atoms with Crippen molar-refractivity contribution in [2.24, 2.45) is 0 Å². The lowest BCUT2D eigenvalue weighted by Crippen LogP contribution is -2.53. The van der Waals surface area contributed by atoms with Crippen molar-refractivity contribution in [3.63, 3.8) is 0 Å². The van der Waals surface area contributed by atoms with Crippen LogP contribution < -0.4 is 5.32 Å². The maximum atomic E-state index is 12.5. The molecule has 0 heterocycles. The topological polar surface area (TPSA) is 110 Å². The number of carbonyl (C=O) groups is 1. The molecule has 0 aromatic heterocycles. The highest BCUT2D eigenvalue weighted by molar-refractivity contribution is 5.80. The van der Waals surface area contributed by atoms with Gasteiger partial charge < -0.3 is 25.7 Å². The van der Waals surface area contributed by atoms with Crippen LogP contribution in [0.4, 0.5) is 0 Å². The Bertz CT molecular complexity index is 878. The van der Waals surface area contributed by atoms with Crippen LogP contribution in [-0.4, -0.2) is 57.3 Å². The number of unbranched alkanes of at least 4 members (excludes halogenated alkanes) is 34. The molecule has 6 heteroatoms. The molecule has 0 spiro atoms. The second-order valence-electron chi connectivity index (χ2n) is 17.9. The minimum atomic E-state index is -1.29. The first-order valence-corrected chi connectivity index (χ1v) is 25.7. The molecule has 1 amide bonds. The van der Waals surface area contributed by atoms with Gasteiger partial charge in [-0.25, -0.2) is 0 Å². The molecule has 0 aliphatic carbocycles. The lowest BCUT2D eigenvalue weighted by atomic mass is 10.00. The summed E-state index contributed by atoms with van der Waals surface area (Å²) in [5.41, 5.74) is 0. The van der Waals surface area contributed by atoms with Crippen LogP contribution in [0.5, 0.6) is 0 Å². The monoisotopic (exact) mass is 820 g/mol. The second kappa shape index (κ2) is 46.8. The molecule has 0 aliphatic rings. The minimum absolute atomic E-state index is 0.364. The molecule has 0 aromatic rings. The predicted molar refractivity (Wildman–Crippen MR) is 251 cm³/mol. The van der Waals surface area contributed by atoms with Gasteiger partial charge in [0.2, 0.25) is 5.91 Å². The van der Waals surface area contributed by atoms with Crippen molar-refractivity contribution in [2.75, 3.05) is 6.61 Å². The second-order valence-corrected chi connectivity index (χ2v) is 17.9. The third-order valence-corrected chi connectivity index (χ3v) is 12.1. The van der Waals surface area contributed by atoms with E-state index < -0.39 is 36.9 Å². The van der Waals surface area contributed by atoms with E-state index in [1.807, 2.05) is 0 Å². The summed E-state index contributed by atoms with van der Waals surface area (Å²) in [5, 5.41) is 43.8. The molecule has 0 fully saturated rings. The molecule has 0 saturated carbocycles. The fraction of sp³-hybridized carbons (Fsp3) is 0.904. The van der Waals surface area contributed by atoms with Gasteiger partial charge in [0, 0.05) is 0 Å². The van der Waals surface area contributed by atoms with Gasteiger partial charge >= 0.3 is 0 Å². The van der Waals surface area contributed by atoms with E-state index in [1.165, 1.54) is 199 Å². The highest BCUT2D eigenvalue weighted by Crippen LogP contribution is 2.17. The number of allylic oxidation sites excluding steroid dienone is 4. The van der Waals surface area contributed by atoms with E-state index in [0.29, 0.717) is 19.3 Å². The Morgan fingerprint density at radius 3 is 1.09 bits per heavy atom. The van der Waals surface area contributed by atoms with E-state index in [4.69, 9.17) is 0 Å². The number of hydrogen-bond donors (Lipinski definition) is 5. The van der Waals surface area contributed by atoms with E-state index in [0.717, 1.165) is 38.5 Å². The highest BCUT2D eigenvalue weighted by Gasteiger charge is 2.28. The van der Waals surface area contributed by atoms with Crippen LogP contribution in [0.1, 0.15) is 271 Å². The zero-order chi connectivity index (χ0) is 42.4. The van der Waals surface area contributed by atoms with E-state index in [9.17, 15) is 25.2 Å². The van der Waals surface area contributed by atoms with Crippen molar-refractivity contribution in [2.45, 2.75) is 295 Å². The number of aliphatic hydroxyl groups is 4. The molecule has 4 unspecified atom stereocenters. The lowest BCUT2D eigenvalue weighted by molar-refractivity contribution is -0.132. The average molecular weight is 820 g/mol. The molecular weight excluding hydrogens is 719 g/mol. The summed E-state index contributed by atoms with van der Waals surface area (Å²) in [7, 11) is 0. The molecule has 0 aromatic carbocycles. The van der Waals surface area contributed by atoms with Crippen LogP contribution in [-0.2, 0) is 4.79 Å². The Morgan fingerprint density at radius 1 is 0.414 bits per heavy atom. The Balaban J connectivity index is 3.69. The summed E-state index contributed by atoms with van der Waals surface area (Å²) in [6.07, 6.45) is 55.2. The van der Waals surface area contributed by atoms with Crippen molar-refractivity contribution in [1.29, 1.82) is 0 Å². The molecule has 0 radical (unpaired) electrons. The first-order chi connectivity index (χ1) is 28.5. The smallest absolute Gasteiger partial charge is 0.249 e. The number of carbonyl (C=O) groups excluding carboxylic acids is 1. The van der Waals surface area contributed by atoms with E-state index in [-0.39, 0.29) is 0 Å². The van der Waals surface area contributed by atoms with Gasteiger partial charge in [-0.15, -0.1) is 0 Å². The predicted octanol–water partition coefficient (Wildman–Crippen LogP) is 14.3. The van der Waals surface area contributed by atoms with Crippen molar-refractivity contribution < 1.29 is 25.2 Å². The van der Waals surface area contributed by atoms with Crippen LogP contribution in [0.25, 0.3) is 0 Å². The Hall–Kier alpha value is -1.21. The van der Waals surface area contributed by atoms with Crippen LogP contribution in [0.3, 0.4) is 0 Å². The van der Waals surface area contributed by atoms with E-state index in [2.05, 4.69) is 43.5 Å². The number of nitrogens with one attached hydrogen (secondary N) is 1. The molecular formula is C52H101NO5. The molecule has 58 heavy (non-hydrogen) atoms. The maximum absolute atomic E-state index is 12.5. The zero-order valence-electron chi connectivity index (χ0n) is 38.8. The molecule has 344 valence electrons. The third-order valence-electron chi connectivity index (χ3n) is 12.1. The molecule has 0 aliphatic heterocycles. The van der Waals surface area contributed by atoms with Gasteiger partial charge in [-0.1, -0.05) is 244 Å². The van der Waals surface area contributed by atoms with Gasteiger partial charge in [-0.2, -0.15) is 0 Å². The van der Waals surface area contributed by atoms with Crippen molar-refractivity contribution >= 4 is 5.91 Å². The van der Waals surface area contributed by atoms with Gasteiger partial charge in [0.1, 0.15) is 12.2 Å². The fourth-order valence-electron chi connectivity index (χ4n) is 8.07. The average Bonchev–Trinajstić information content (AvgIpc) is 3.23. The first-order valence-electron chi connectivity index (χ1n) is 25.7. The summed E-state index contributed by atoms with van der Waals surface area (Å²) in [6.45, 7) is 4.06. The van der Waals surface area contributed by atoms with Gasteiger partial charge in [-0.3, -0.25) is 4.79 Å².